The Morgan fingerprint density at radius 3 is 1.74 bits per heavy atom. The molecule has 0 spiro atoms. The Bertz CT molecular complexity index is 2940. The lowest BCUT2D eigenvalue weighted by Gasteiger charge is -2.15. The highest BCUT2D eigenvalue weighted by Gasteiger charge is 2.18. The summed E-state index contributed by atoms with van der Waals surface area (Å²) in [6.07, 6.45) is 0. The van der Waals surface area contributed by atoms with E-state index in [2.05, 4.69) is 176 Å². The molecule has 0 saturated heterocycles. The van der Waals surface area contributed by atoms with Crippen molar-refractivity contribution in [2.24, 2.45) is 0 Å². The molecule has 2 heterocycles. The number of aromatic nitrogens is 2. The summed E-state index contributed by atoms with van der Waals surface area (Å²) < 4.78 is 6.55. The lowest BCUT2D eigenvalue weighted by atomic mass is 9.93. The molecule has 3 nitrogen and oxygen atoms in total. The maximum Gasteiger partial charge on any atom is 0.161 e. The van der Waals surface area contributed by atoms with Gasteiger partial charge in [0.2, 0.25) is 0 Å². The van der Waals surface area contributed by atoms with Crippen molar-refractivity contribution in [1.29, 1.82) is 0 Å². The van der Waals surface area contributed by atoms with E-state index in [1.165, 1.54) is 5.39 Å². The summed E-state index contributed by atoms with van der Waals surface area (Å²) in [5.41, 5.74) is 13.1. The zero-order valence-electron chi connectivity index (χ0n) is 28.8. The standard InChI is InChI=1S/C50H32N2O/c1-3-15-33(16-4-1)36-29-37(41-25-14-27-44-43-23-11-12-28-48(43)53-49(41)44)31-38(30-36)46-32-47(42-26-13-20-35-19-7-8-21-39(35)42)52-50(51-46)45-24-10-9-22-40(45)34-17-5-2-6-18-34/h1-32H. The number of hydrogen-bond acceptors (Lipinski definition) is 3. The van der Waals surface area contributed by atoms with Crippen LogP contribution in [-0.2, 0) is 0 Å². The van der Waals surface area contributed by atoms with Crippen molar-refractivity contribution < 1.29 is 4.42 Å². The second kappa shape index (κ2) is 12.9. The molecular weight excluding hydrogens is 645 g/mol. The second-order valence-corrected chi connectivity index (χ2v) is 13.3. The molecule has 0 unspecified atom stereocenters. The van der Waals surface area contributed by atoms with Gasteiger partial charge in [-0.05, 0) is 68.9 Å². The number of fused-ring (bicyclic) bond motifs is 4. The smallest absolute Gasteiger partial charge is 0.161 e. The molecular formula is C50H32N2O. The molecule has 0 aliphatic rings. The van der Waals surface area contributed by atoms with Crippen LogP contribution in [0, 0.1) is 0 Å². The summed E-state index contributed by atoms with van der Waals surface area (Å²) in [5, 5.41) is 4.53. The molecule has 53 heavy (non-hydrogen) atoms. The summed E-state index contributed by atoms with van der Waals surface area (Å²) in [6.45, 7) is 0. The van der Waals surface area contributed by atoms with Gasteiger partial charge in [-0.25, -0.2) is 9.97 Å². The van der Waals surface area contributed by atoms with Crippen LogP contribution in [0.4, 0.5) is 0 Å². The van der Waals surface area contributed by atoms with Gasteiger partial charge in [-0.15, -0.1) is 0 Å². The molecule has 2 aromatic heterocycles. The molecule has 0 aliphatic carbocycles. The maximum absolute atomic E-state index is 6.55. The molecule has 10 rings (SSSR count). The molecule has 0 fully saturated rings. The highest BCUT2D eigenvalue weighted by Crippen LogP contribution is 2.41. The first kappa shape index (κ1) is 30.7. The highest BCUT2D eigenvalue weighted by molar-refractivity contribution is 6.10. The Kier molecular flexibility index (Phi) is 7.47. The summed E-state index contributed by atoms with van der Waals surface area (Å²) in [7, 11) is 0. The Balaban J connectivity index is 1.25. The van der Waals surface area contributed by atoms with Crippen molar-refractivity contribution in [2.75, 3.05) is 0 Å². The minimum absolute atomic E-state index is 0.677. The normalized spacial score (nSPS) is 11.4. The predicted molar refractivity (Wildman–Crippen MR) is 219 cm³/mol. The van der Waals surface area contributed by atoms with Crippen molar-refractivity contribution >= 4 is 32.7 Å². The van der Waals surface area contributed by atoms with E-state index in [0.717, 1.165) is 88.8 Å². The Morgan fingerprint density at radius 1 is 0.321 bits per heavy atom. The zero-order chi connectivity index (χ0) is 35.1. The van der Waals surface area contributed by atoms with Gasteiger partial charge in [0, 0.05) is 33.0 Å². The van der Waals surface area contributed by atoms with E-state index in [-0.39, 0.29) is 0 Å². The Hall–Kier alpha value is -7.10. The van der Waals surface area contributed by atoms with Gasteiger partial charge < -0.3 is 4.42 Å². The van der Waals surface area contributed by atoms with E-state index >= 15 is 0 Å². The van der Waals surface area contributed by atoms with Crippen LogP contribution in [0.5, 0.6) is 0 Å². The van der Waals surface area contributed by atoms with Gasteiger partial charge in [0.1, 0.15) is 11.2 Å². The first-order valence-electron chi connectivity index (χ1n) is 17.9. The number of nitrogens with zero attached hydrogens (tertiary/aromatic N) is 2. The van der Waals surface area contributed by atoms with E-state index in [9.17, 15) is 0 Å². The van der Waals surface area contributed by atoms with Gasteiger partial charge in [-0.1, -0.05) is 164 Å². The predicted octanol–water partition coefficient (Wildman–Crippen LogP) is 13.5. The minimum atomic E-state index is 0.677. The van der Waals surface area contributed by atoms with Crippen LogP contribution in [0.25, 0.3) is 100.0 Å². The molecule has 0 radical (unpaired) electrons. The van der Waals surface area contributed by atoms with Gasteiger partial charge in [-0.2, -0.15) is 0 Å². The van der Waals surface area contributed by atoms with Crippen molar-refractivity contribution in [3.05, 3.63) is 194 Å². The minimum Gasteiger partial charge on any atom is -0.455 e. The van der Waals surface area contributed by atoms with Gasteiger partial charge >= 0.3 is 0 Å². The van der Waals surface area contributed by atoms with Crippen molar-refractivity contribution in [3.8, 4) is 67.3 Å². The lowest BCUT2D eigenvalue weighted by Crippen LogP contribution is -1.98. The fourth-order valence-corrected chi connectivity index (χ4v) is 7.55. The number of para-hydroxylation sites is 2. The third-order valence-corrected chi connectivity index (χ3v) is 10.1. The fourth-order valence-electron chi connectivity index (χ4n) is 7.55. The molecule has 0 atom stereocenters. The summed E-state index contributed by atoms with van der Waals surface area (Å²) in [5.74, 6) is 0.677. The SMILES string of the molecule is c1ccc(-c2cc(-c3cc(-c4cccc5ccccc45)nc(-c4ccccc4-c4ccccc4)n3)cc(-c3cccc4c3oc3ccccc34)c2)cc1. The first-order valence-corrected chi connectivity index (χ1v) is 17.9. The average Bonchev–Trinajstić information content (AvgIpc) is 3.63. The molecule has 0 amide bonds. The van der Waals surface area contributed by atoms with Crippen LogP contribution in [0.3, 0.4) is 0 Å². The second-order valence-electron chi connectivity index (χ2n) is 13.3. The van der Waals surface area contributed by atoms with E-state index < -0.39 is 0 Å². The number of benzene rings is 8. The van der Waals surface area contributed by atoms with Crippen LogP contribution < -0.4 is 0 Å². The molecule has 248 valence electrons. The van der Waals surface area contributed by atoms with Crippen LogP contribution in [0.2, 0.25) is 0 Å². The highest BCUT2D eigenvalue weighted by atomic mass is 16.3. The maximum atomic E-state index is 6.55. The van der Waals surface area contributed by atoms with Crippen molar-refractivity contribution in [1.82, 2.24) is 9.97 Å². The lowest BCUT2D eigenvalue weighted by molar-refractivity contribution is 0.670. The summed E-state index contributed by atoms with van der Waals surface area (Å²) >= 11 is 0. The Labute approximate surface area is 307 Å². The molecule has 3 heteroatoms. The van der Waals surface area contributed by atoms with Crippen LogP contribution in [-0.4, -0.2) is 9.97 Å². The van der Waals surface area contributed by atoms with Crippen LogP contribution >= 0.6 is 0 Å². The number of hydrogen-bond donors (Lipinski definition) is 0. The monoisotopic (exact) mass is 676 g/mol. The van der Waals surface area contributed by atoms with E-state index in [1.807, 2.05) is 18.2 Å². The Morgan fingerprint density at radius 2 is 0.887 bits per heavy atom. The van der Waals surface area contributed by atoms with Gasteiger partial charge in [-0.3, -0.25) is 0 Å². The zero-order valence-corrected chi connectivity index (χ0v) is 28.8. The van der Waals surface area contributed by atoms with E-state index in [0.29, 0.717) is 5.82 Å². The summed E-state index contributed by atoms with van der Waals surface area (Å²) in [6, 6.07) is 68.0. The molecule has 8 aromatic carbocycles. The number of furan rings is 1. The molecule has 10 aromatic rings. The fraction of sp³-hybridized carbons (Fsp3) is 0. The largest absolute Gasteiger partial charge is 0.455 e. The van der Waals surface area contributed by atoms with Gasteiger partial charge in [0.15, 0.2) is 5.82 Å². The third kappa shape index (κ3) is 5.56. The molecule has 0 N–H and O–H groups in total. The van der Waals surface area contributed by atoms with E-state index in [4.69, 9.17) is 14.4 Å². The number of rotatable bonds is 6. The quantitative estimate of drug-likeness (QED) is 0.176. The van der Waals surface area contributed by atoms with Crippen LogP contribution in [0.15, 0.2) is 199 Å². The van der Waals surface area contributed by atoms with Crippen LogP contribution in [0.1, 0.15) is 0 Å². The average molecular weight is 677 g/mol. The van der Waals surface area contributed by atoms with Gasteiger partial charge in [0.25, 0.3) is 0 Å². The van der Waals surface area contributed by atoms with Crippen molar-refractivity contribution in [2.45, 2.75) is 0 Å². The first-order chi connectivity index (χ1) is 26.3. The molecule has 0 saturated carbocycles. The summed E-state index contributed by atoms with van der Waals surface area (Å²) in [4.78, 5) is 10.7. The molecule has 0 bridgehead atoms. The van der Waals surface area contributed by atoms with E-state index in [1.54, 1.807) is 0 Å². The van der Waals surface area contributed by atoms with Gasteiger partial charge in [0.05, 0.1) is 11.4 Å². The third-order valence-electron chi connectivity index (χ3n) is 10.1. The molecule has 0 aliphatic heterocycles. The topological polar surface area (TPSA) is 38.9 Å². The van der Waals surface area contributed by atoms with Crippen molar-refractivity contribution in [3.63, 3.8) is 0 Å².